The Bertz CT molecular complexity index is 387. The van der Waals surface area contributed by atoms with Gasteiger partial charge in [0.2, 0.25) is 0 Å². The first-order chi connectivity index (χ1) is 9.22. The Labute approximate surface area is 117 Å². The van der Waals surface area contributed by atoms with Crippen molar-refractivity contribution in [3.05, 3.63) is 23.9 Å². The molecule has 0 spiro atoms. The Kier molecular flexibility index (Phi) is 5.20. The topological polar surface area (TPSA) is 28.2 Å². The summed E-state index contributed by atoms with van der Waals surface area (Å²) in [6.45, 7) is 9.79. The Hall–Kier alpha value is -1.09. The van der Waals surface area contributed by atoms with Gasteiger partial charge in [0.25, 0.3) is 0 Å². The molecule has 0 aromatic carbocycles. The molecule has 19 heavy (non-hydrogen) atoms. The van der Waals surface area contributed by atoms with Crippen molar-refractivity contribution in [2.24, 2.45) is 5.92 Å². The smallest absolute Gasteiger partial charge is 0.128 e. The van der Waals surface area contributed by atoms with E-state index in [0.29, 0.717) is 0 Å². The zero-order valence-corrected chi connectivity index (χ0v) is 12.5. The van der Waals surface area contributed by atoms with Crippen molar-refractivity contribution in [1.82, 2.24) is 10.3 Å². The van der Waals surface area contributed by atoms with Crippen molar-refractivity contribution in [3.63, 3.8) is 0 Å². The largest absolute Gasteiger partial charge is 0.357 e. The summed E-state index contributed by atoms with van der Waals surface area (Å²) in [5, 5.41) is 3.53. The number of hydrogen-bond donors (Lipinski definition) is 1. The number of rotatable bonds is 8. The molecule has 1 aromatic heterocycles. The number of nitrogens with one attached hydrogen (secondary N) is 1. The van der Waals surface area contributed by atoms with E-state index in [1.165, 1.54) is 19.3 Å². The lowest BCUT2D eigenvalue weighted by molar-refractivity contribution is 0.544. The van der Waals surface area contributed by atoms with E-state index in [2.05, 4.69) is 49.2 Å². The number of hydrogen-bond acceptors (Lipinski definition) is 3. The Morgan fingerprint density at radius 1 is 1.37 bits per heavy atom. The van der Waals surface area contributed by atoms with E-state index in [9.17, 15) is 0 Å². The Morgan fingerprint density at radius 2 is 2.16 bits per heavy atom. The van der Waals surface area contributed by atoms with Gasteiger partial charge >= 0.3 is 0 Å². The molecule has 2 rings (SSSR count). The molecular formula is C16H27N3. The van der Waals surface area contributed by atoms with Crippen molar-refractivity contribution < 1.29 is 0 Å². The van der Waals surface area contributed by atoms with Gasteiger partial charge in [0.1, 0.15) is 5.82 Å². The molecule has 1 unspecified atom stereocenters. The SMILES string of the molecule is CCC(C)CN(CC)c1cccc(CNC2CC2)n1. The summed E-state index contributed by atoms with van der Waals surface area (Å²) in [6.07, 6.45) is 3.88. The van der Waals surface area contributed by atoms with Gasteiger partial charge < -0.3 is 10.2 Å². The molecule has 0 saturated heterocycles. The van der Waals surface area contributed by atoms with Crippen molar-refractivity contribution >= 4 is 5.82 Å². The summed E-state index contributed by atoms with van der Waals surface area (Å²) in [5.41, 5.74) is 1.16. The Morgan fingerprint density at radius 3 is 2.79 bits per heavy atom. The summed E-state index contributed by atoms with van der Waals surface area (Å²) in [7, 11) is 0. The van der Waals surface area contributed by atoms with E-state index >= 15 is 0 Å². The maximum absolute atomic E-state index is 4.79. The van der Waals surface area contributed by atoms with Crippen LogP contribution in [0.25, 0.3) is 0 Å². The fraction of sp³-hybridized carbons (Fsp3) is 0.688. The highest BCUT2D eigenvalue weighted by molar-refractivity contribution is 5.39. The first-order valence-electron chi connectivity index (χ1n) is 7.67. The highest BCUT2D eigenvalue weighted by Crippen LogP contribution is 2.20. The van der Waals surface area contributed by atoms with Gasteiger partial charge in [-0.2, -0.15) is 0 Å². The van der Waals surface area contributed by atoms with E-state index < -0.39 is 0 Å². The van der Waals surface area contributed by atoms with Crippen LogP contribution >= 0.6 is 0 Å². The van der Waals surface area contributed by atoms with E-state index in [0.717, 1.165) is 43.1 Å². The molecule has 1 N–H and O–H groups in total. The second kappa shape index (κ2) is 6.90. The van der Waals surface area contributed by atoms with Gasteiger partial charge in [-0.3, -0.25) is 0 Å². The number of pyridine rings is 1. The van der Waals surface area contributed by atoms with Crippen LogP contribution in [0.5, 0.6) is 0 Å². The van der Waals surface area contributed by atoms with Crippen LogP contribution in [-0.2, 0) is 6.54 Å². The predicted octanol–water partition coefficient (Wildman–Crippen LogP) is 3.21. The molecule has 1 heterocycles. The minimum atomic E-state index is 0.718. The number of aromatic nitrogens is 1. The lowest BCUT2D eigenvalue weighted by Crippen LogP contribution is -2.29. The zero-order chi connectivity index (χ0) is 13.7. The summed E-state index contributed by atoms with van der Waals surface area (Å²) in [6, 6.07) is 7.13. The third-order valence-electron chi connectivity index (χ3n) is 3.88. The van der Waals surface area contributed by atoms with E-state index in [-0.39, 0.29) is 0 Å². The van der Waals surface area contributed by atoms with E-state index in [1.54, 1.807) is 0 Å². The van der Waals surface area contributed by atoms with Crippen molar-refractivity contribution in [2.45, 2.75) is 52.6 Å². The zero-order valence-electron chi connectivity index (χ0n) is 12.5. The van der Waals surface area contributed by atoms with Gasteiger partial charge in [0.05, 0.1) is 5.69 Å². The molecule has 3 heteroatoms. The first kappa shape index (κ1) is 14.3. The van der Waals surface area contributed by atoms with Crippen LogP contribution in [0.1, 0.15) is 45.7 Å². The maximum atomic E-state index is 4.79. The van der Waals surface area contributed by atoms with Crippen LogP contribution in [0.3, 0.4) is 0 Å². The van der Waals surface area contributed by atoms with Crippen LogP contribution in [0.15, 0.2) is 18.2 Å². The van der Waals surface area contributed by atoms with Gasteiger partial charge in [0, 0.05) is 25.7 Å². The van der Waals surface area contributed by atoms with Crippen LogP contribution in [0.4, 0.5) is 5.82 Å². The average Bonchev–Trinajstić information content (AvgIpc) is 3.26. The minimum absolute atomic E-state index is 0.718. The average molecular weight is 261 g/mol. The molecule has 1 aliphatic rings. The van der Waals surface area contributed by atoms with Gasteiger partial charge in [-0.1, -0.05) is 26.3 Å². The maximum Gasteiger partial charge on any atom is 0.128 e. The third-order valence-corrected chi connectivity index (χ3v) is 3.88. The molecular weight excluding hydrogens is 234 g/mol. The molecule has 0 amide bonds. The monoisotopic (exact) mass is 261 g/mol. The fourth-order valence-corrected chi connectivity index (χ4v) is 2.17. The molecule has 0 bridgehead atoms. The molecule has 1 fully saturated rings. The van der Waals surface area contributed by atoms with Crippen molar-refractivity contribution in [3.8, 4) is 0 Å². The molecule has 1 aliphatic carbocycles. The summed E-state index contributed by atoms with van der Waals surface area (Å²) in [4.78, 5) is 7.18. The first-order valence-corrected chi connectivity index (χ1v) is 7.67. The normalized spacial score (nSPS) is 16.4. The highest BCUT2D eigenvalue weighted by Gasteiger charge is 2.20. The van der Waals surface area contributed by atoms with Crippen molar-refractivity contribution in [2.75, 3.05) is 18.0 Å². The van der Waals surface area contributed by atoms with Gasteiger partial charge in [0.15, 0.2) is 0 Å². The third kappa shape index (κ3) is 4.50. The molecule has 0 aliphatic heterocycles. The fourth-order valence-electron chi connectivity index (χ4n) is 2.17. The summed E-state index contributed by atoms with van der Waals surface area (Å²) in [5.74, 6) is 1.84. The van der Waals surface area contributed by atoms with Crippen LogP contribution in [-0.4, -0.2) is 24.1 Å². The van der Waals surface area contributed by atoms with E-state index in [4.69, 9.17) is 4.98 Å². The molecule has 1 saturated carbocycles. The summed E-state index contributed by atoms with van der Waals surface area (Å²) >= 11 is 0. The number of anilines is 1. The van der Waals surface area contributed by atoms with E-state index in [1.807, 2.05) is 0 Å². The van der Waals surface area contributed by atoms with Gasteiger partial charge in [-0.05, 0) is 37.8 Å². The lowest BCUT2D eigenvalue weighted by atomic mass is 10.1. The summed E-state index contributed by atoms with van der Waals surface area (Å²) < 4.78 is 0. The second-order valence-corrected chi connectivity index (χ2v) is 5.69. The van der Waals surface area contributed by atoms with Gasteiger partial charge in [-0.25, -0.2) is 4.98 Å². The van der Waals surface area contributed by atoms with Crippen LogP contribution in [0, 0.1) is 5.92 Å². The van der Waals surface area contributed by atoms with Crippen LogP contribution in [0.2, 0.25) is 0 Å². The van der Waals surface area contributed by atoms with Crippen LogP contribution < -0.4 is 10.2 Å². The second-order valence-electron chi connectivity index (χ2n) is 5.69. The molecule has 1 atom stereocenters. The predicted molar refractivity (Wildman–Crippen MR) is 81.4 cm³/mol. The molecule has 3 nitrogen and oxygen atoms in total. The van der Waals surface area contributed by atoms with Crippen molar-refractivity contribution in [1.29, 1.82) is 0 Å². The standard InChI is InChI=1S/C16H27N3/c1-4-13(3)12-19(5-2)16-8-6-7-15(18-16)11-17-14-9-10-14/h6-8,13-14,17H,4-5,9-12H2,1-3H3. The molecule has 106 valence electrons. The number of nitrogens with zero attached hydrogens (tertiary/aromatic N) is 2. The lowest BCUT2D eigenvalue weighted by Gasteiger charge is -2.25. The highest BCUT2D eigenvalue weighted by atomic mass is 15.2. The van der Waals surface area contributed by atoms with Gasteiger partial charge in [-0.15, -0.1) is 0 Å². The molecule has 1 aromatic rings. The minimum Gasteiger partial charge on any atom is -0.357 e. The Balaban J connectivity index is 1.97. The quantitative estimate of drug-likeness (QED) is 0.779. The molecule has 0 radical (unpaired) electrons.